The molecule has 28 heavy (non-hydrogen) atoms. The molecule has 0 aliphatic heterocycles. The maximum atomic E-state index is 13.6. The Hall–Kier alpha value is -2.43. The number of nitrogens with one attached hydrogen (secondary N) is 2. The Morgan fingerprint density at radius 2 is 1.89 bits per heavy atom. The van der Waals surface area contributed by atoms with Crippen LogP contribution in [0.4, 0.5) is 23.7 Å². The monoisotopic (exact) mass is 433 g/mol. The highest BCUT2D eigenvalue weighted by atomic mass is 35.5. The number of anilines is 1. The Labute approximate surface area is 168 Å². The van der Waals surface area contributed by atoms with Gasteiger partial charge in [0.15, 0.2) is 4.87 Å². The first kappa shape index (κ1) is 21.9. The molecule has 0 fully saturated rings. The van der Waals surface area contributed by atoms with Gasteiger partial charge < -0.3 is 21.5 Å². The number of aliphatic hydroxyl groups is 1. The number of para-hydroxylation sites is 1. The van der Waals surface area contributed by atoms with E-state index >= 15 is 0 Å². The summed E-state index contributed by atoms with van der Waals surface area (Å²) < 4.78 is 40.9. The van der Waals surface area contributed by atoms with Crippen LogP contribution in [0.15, 0.2) is 42.5 Å². The third-order valence-corrected chi connectivity index (χ3v) is 5.08. The van der Waals surface area contributed by atoms with Crippen molar-refractivity contribution < 1.29 is 27.9 Å². The first-order chi connectivity index (χ1) is 12.8. The van der Waals surface area contributed by atoms with E-state index in [1.54, 1.807) is 12.1 Å². The molecular formula is C17H15ClF3N3O3S. The van der Waals surface area contributed by atoms with Crippen LogP contribution in [0.2, 0.25) is 0 Å². The van der Waals surface area contributed by atoms with Crippen LogP contribution < -0.4 is 16.4 Å². The van der Waals surface area contributed by atoms with Gasteiger partial charge in [-0.05, 0) is 23.8 Å². The van der Waals surface area contributed by atoms with Crippen LogP contribution in [0.5, 0.6) is 0 Å². The molecule has 0 saturated heterocycles. The molecule has 1 aromatic rings. The van der Waals surface area contributed by atoms with Gasteiger partial charge in [-0.3, -0.25) is 4.79 Å². The van der Waals surface area contributed by atoms with Gasteiger partial charge in [0.1, 0.15) is 4.99 Å². The van der Waals surface area contributed by atoms with Crippen LogP contribution in [-0.2, 0) is 4.79 Å². The quantitative estimate of drug-likeness (QED) is 0.434. The summed E-state index contributed by atoms with van der Waals surface area (Å²) in [5, 5.41) is 14.7. The molecule has 1 aromatic carbocycles. The maximum Gasteiger partial charge on any atom is 0.423 e. The Morgan fingerprint density at radius 3 is 2.43 bits per heavy atom. The number of amides is 3. The molecule has 6 nitrogen and oxygen atoms in total. The Bertz CT molecular complexity index is 903. The molecule has 2 rings (SSSR count). The van der Waals surface area contributed by atoms with Crippen molar-refractivity contribution in [1.82, 2.24) is 5.32 Å². The molecule has 0 bridgehead atoms. The number of primary amides is 1. The highest BCUT2D eigenvalue weighted by Gasteiger charge is 2.66. The van der Waals surface area contributed by atoms with Crippen molar-refractivity contribution in [3.63, 3.8) is 0 Å². The summed E-state index contributed by atoms with van der Waals surface area (Å²) in [6.45, 7) is 1.27. The Kier molecular flexibility index (Phi) is 5.88. The number of nitrogens with two attached hydrogens (primary N) is 1. The number of carbonyl (C=O) groups is 2. The van der Waals surface area contributed by atoms with E-state index in [0.717, 1.165) is 12.2 Å². The van der Waals surface area contributed by atoms with Gasteiger partial charge >= 0.3 is 12.2 Å². The van der Waals surface area contributed by atoms with E-state index in [2.05, 4.69) is 5.32 Å². The average molecular weight is 434 g/mol. The van der Waals surface area contributed by atoms with Crippen LogP contribution >= 0.6 is 23.8 Å². The number of hydrogen-bond donors (Lipinski definition) is 4. The topological polar surface area (TPSA) is 104 Å². The normalized spacial score (nSPS) is 24.3. The first-order valence-electron chi connectivity index (χ1n) is 7.70. The van der Waals surface area contributed by atoms with Crippen LogP contribution in [0.25, 0.3) is 5.57 Å². The molecule has 2 unspecified atom stereocenters. The minimum Gasteiger partial charge on any atom is -0.375 e. The molecular weight excluding hydrogens is 419 g/mol. The lowest BCUT2D eigenvalue weighted by Crippen LogP contribution is -2.65. The Morgan fingerprint density at radius 1 is 1.29 bits per heavy atom. The van der Waals surface area contributed by atoms with Crippen molar-refractivity contribution in [2.24, 2.45) is 5.73 Å². The lowest BCUT2D eigenvalue weighted by Gasteiger charge is -2.42. The summed E-state index contributed by atoms with van der Waals surface area (Å²) in [5.74, 6) is -0.400. The number of hydrogen-bond acceptors (Lipinski definition) is 4. The van der Waals surface area contributed by atoms with Crippen molar-refractivity contribution in [3.05, 3.63) is 48.1 Å². The van der Waals surface area contributed by atoms with E-state index in [9.17, 15) is 27.9 Å². The van der Waals surface area contributed by atoms with Gasteiger partial charge in [-0.2, -0.15) is 13.2 Å². The largest absolute Gasteiger partial charge is 0.423 e. The third kappa shape index (κ3) is 3.89. The van der Waals surface area contributed by atoms with Gasteiger partial charge in [0, 0.05) is 18.2 Å². The van der Waals surface area contributed by atoms with Gasteiger partial charge in [-0.15, -0.1) is 11.6 Å². The van der Waals surface area contributed by atoms with Gasteiger partial charge in [0.25, 0.3) is 0 Å². The van der Waals surface area contributed by atoms with E-state index in [-0.39, 0.29) is 5.57 Å². The molecule has 0 heterocycles. The minimum absolute atomic E-state index is 0.127. The van der Waals surface area contributed by atoms with Crippen molar-refractivity contribution in [2.45, 2.75) is 23.6 Å². The zero-order chi connectivity index (χ0) is 21.3. The number of rotatable bonds is 3. The number of halogens is 4. The van der Waals surface area contributed by atoms with E-state index in [0.29, 0.717) is 17.3 Å². The lowest BCUT2D eigenvalue weighted by atomic mass is 9.78. The fraction of sp³-hybridized carbons (Fsp3) is 0.235. The third-order valence-electron chi connectivity index (χ3n) is 3.96. The van der Waals surface area contributed by atoms with Crippen LogP contribution in [0.3, 0.4) is 0 Å². The molecule has 2 atom stereocenters. The maximum absolute atomic E-state index is 13.6. The predicted molar refractivity (Wildman–Crippen MR) is 103 cm³/mol. The molecule has 0 radical (unpaired) electrons. The van der Waals surface area contributed by atoms with E-state index < -0.39 is 33.6 Å². The number of urea groups is 1. The van der Waals surface area contributed by atoms with Crippen molar-refractivity contribution in [3.8, 4) is 0 Å². The van der Waals surface area contributed by atoms with E-state index in [4.69, 9.17) is 29.6 Å². The van der Waals surface area contributed by atoms with E-state index in [1.807, 2.05) is 5.32 Å². The summed E-state index contributed by atoms with van der Waals surface area (Å²) >= 11 is 11.0. The summed E-state index contributed by atoms with van der Waals surface area (Å²) in [5.41, 5.74) is 2.07. The fourth-order valence-corrected chi connectivity index (χ4v) is 3.30. The number of allylic oxidation sites excluding steroid dienone is 2. The summed E-state index contributed by atoms with van der Waals surface area (Å²) in [6.07, 6.45) is -2.93. The van der Waals surface area contributed by atoms with Gasteiger partial charge in [-0.1, -0.05) is 36.5 Å². The first-order valence-corrected chi connectivity index (χ1v) is 8.48. The molecule has 1 aliphatic rings. The van der Waals surface area contributed by atoms with Crippen molar-refractivity contribution in [1.29, 1.82) is 0 Å². The molecule has 0 spiro atoms. The molecule has 3 amide bonds. The highest BCUT2D eigenvalue weighted by molar-refractivity contribution is 7.80. The second-order valence-electron chi connectivity index (χ2n) is 5.95. The second kappa shape index (κ2) is 7.53. The van der Waals surface area contributed by atoms with Gasteiger partial charge in [0.05, 0.1) is 0 Å². The minimum atomic E-state index is -5.23. The SMILES string of the molecule is CC(=O)Nc1ccccc1C1=CC(Cl)(C(=S)NC(N)=O)C(O)(C(F)(F)F)C=C1. The van der Waals surface area contributed by atoms with Crippen molar-refractivity contribution in [2.75, 3.05) is 5.32 Å². The van der Waals surface area contributed by atoms with Crippen LogP contribution in [-0.4, -0.2) is 38.7 Å². The zero-order valence-corrected chi connectivity index (χ0v) is 15.9. The molecule has 0 saturated carbocycles. The molecule has 5 N–H and O–H groups in total. The molecule has 150 valence electrons. The smallest absolute Gasteiger partial charge is 0.375 e. The zero-order valence-electron chi connectivity index (χ0n) is 14.3. The van der Waals surface area contributed by atoms with Gasteiger partial charge in [0.2, 0.25) is 11.5 Å². The Balaban J connectivity index is 2.66. The molecule has 11 heteroatoms. The number of alkyl halides is 4. The average Bonchev–Trinajstić information content (AvgIpc) is 2.56. The van der Waals surface area contributed by atoms with Crippen LogP contribution in [0.1, 0.15) is 12.5 Å². The standard InChI is InChI=1S/C17H15ClF3N3O3S/c1-9(25)23-12-5-3-2-4-11(12)10-6-7-16(27,17(19,20)21)15(18,8-10)13(28)24-14(22)26/h2-8,27H,1H3,(H,23,25)(H3,22,24,26,28). The lowest BCUT2D eigenvalue weighted by molar-refractivity contribution is -0.242. The number of benzene rings is 1. The molecule has 1 aliphatic carbocycles. The van der Waals surface area contributed by atoms with Gasteiger partial charge in [-0.25, -0.2) is 4.79 Å². The van der Waals surface area contributed by atoms with E-state index in [1.165, 1.54) is 19.1 Å². The van der Waals surface area contributed by atoms with Crippen molar-refractivity contribution >= 4 is 52.0 Å². The molecule has 0 aromatic heterocycles. The fourth-order valence-electron chi connectivity index (χ4n) is 2.65. The van der Waals surface area contributed by atoms with Crippen LogP contribution in [0, 0.1) is 0 Å². The number of thiocarbonyl (C=S) groups is 1. The summed E-state index contributed by atoms with van der Waals surface area (Å²) in [7, 11) is 0. The predicted octanol–water partition coefficient (Wildman–Crippen LogP) is 2.86. The number of carbonyl (C=O) groups excluding carboxylic acids is 2. The summed E-state index contributed by atoms with van der Waals surface area (Å²) in [4.78, 5) is 18.9. The second-order valence-corrected chi connectivity index (χ2v) is 6.96. The summed E-state index contributed by atoms with van der Waals surface area (Å²) in [6, 6.07) is 5.03. The highest BCUT2D eigenvalue weighted by Crippen LogP contribution is 2.49.